The molecule has 67 valence electrons. The molecule has 0 fully saturated rings. The Bertz CT molecular complexity index is 303. The largest absolute Gasteiger partial charge is 0.0622 e. The van der Waals surface area contributed by atoms with Gasteiger partial charge in [-0.3, -0.25) is 0 Å². The summed E-state index contributed by atoms with van der Waals surface area (Å²) < 4.78 is 0. The predicted octanol–water partition coefficient (Wildman–Crippen LogP) is 3.35. The third-order valence-electron chi connectivity index (χ3n) is 1.88. The minimum atomic E-state index is 0. The molecule has 2 aromatic rings. The molecule has 0 saturated carbocycles. The van der Waals surface area contributed by atoms with Crippen molar-refractivity contribution < 1.29 is 20.1 Å². The molecule has 0 atom stereocenters. The molecule has 0 aliphatic rings. The fraction of sp³-hybridized carbons (Fsp3) is 0. The quantitative estimate of drug-likeness (QED) is 0.743. The molecule has 0 nitrogen and oxygen atoms in total. The van der Waals surface area contributed by atoms with E-state index in [1.165, 1.54) is 11.1 Å². The van der Waals surface area contributed by atoms with Gasteiger partial charge in [0.2, 0.25) is 0 Å². The van der Waals surface area contributed by atoms with Crippen LogP contribution in [0.2, 0.25) is 0 Å². The maximum Gasteiger partial charge on any atom is 0 e. The Balaban J connectivity index is 0.000000845. The van der Waals surface area contributed by atoms with Gasteiger partial charge in [-0.15, -0.1) is 0 Å². The van der Waals surface area contributed by atoms with Crippen molar-refractivity contribution in [3.63, 3.8) is 0 Å². The summed E-state index contributed by atoms with van der Waals surface area (Å²) in [5, 5.41) is 0. The van der Waals surface area contributed by atoms with Gasteiger partial charge in [-0.1, -0.05) is 60.7 Å². The topological polar surface area (TPSA) is 0 Å². The van der Waals surface area contributed by atoms with E-state index in [4.69, 9.17) is 0 Å². The molecular formula is C12H10Ir. The molecule has 0 amide bonds. The van der Waals surface area contributed by atoms with Gasteiger partial charge in [-0.2, -0.15) is 0 Å². The zero-order valence-electron chi connectivity index (χ0n) is 7.11. The molecule has 0 aliphatic carbocycles. The van der Waals surface area contributed by atoms with Gasteiger partial charge in [0.05, 0.1) is 0 Å². The number of hydrogen-bond acceptors (Lipinski definition) is 0. The molecule has 13 heavy (non-hydrogen) atoms. The van der Waals surface area contributed by atoms with Crippen LogP contribution in [0, 0.1) is 0 Å². The Morgan fingerprint density at radius 1 is 0.462 bits per heavy atom. The fourth-order valence-corrected chi connectivity index (χ4v) is 1.26. The second kappa shape index (κ2) is 4.96. The SMILES string of the molecule is [Ir].c1ccc(-c2ccccc2)cc1. The molecule has 0 heterocycles. The molecule has 0 unspecified atom stereocenters. The Labute approximate surface area is 92.0 Å². The Morgan fingerprint density at radius 2 is 0.769 bits per heavy atom. The van der Waals surface area contributed by atoms with Gasteiger partial charge in [0.25, 0.3) is 0 Å². The van der Waals surface area contributed by atoms with Crippen LogP contribution in [-0.4, -0.2) is 0 Å². The molecule has 1 radical (unpaired) electrons. The van der Waals surface area contributed by atoms with Gasteiger partial charge in [0.15, 0.2) is 0 Å². The van der Waals surface area contributed by atoms with Crippen molar-refractivity contribution in [2.45, 2.75) is 0 Å². The normalized spacial score (nSPS) is 8.92. The third kappa shape index (κ3) is 2.51. The van der Waals surface area contributed by atoms with Crippen LogP contribution in [0.5, 0.6) is 0 Å². The maximum atomic E-state index is 2.12. The van der Waals surface area contributed by atoms with Crippen molar-refractivity contribution in [1.29, 1.82) is 0 Å². The number of hydrogen-bond donors (Lipinski definition) is 0. The van der Waals surface area contributed by atoms with E-state index >= 15 is 0 Å². The van der Waals surface area contributed by atoms with Crippen molar-refractivity contribution in [3.8, 4) is 11.1 Å². The van der Waals surface area contributed by atoms with Crippen LogP contribution in [0.15, 0.2) is 60.7 Å². The van der Waals surface area contributed by atoms with E-state index in [0.717, 1.165) is 0 Å². The summed E-state index contributed by atoms with van der Waals surface area (Å²) in [5.74, 6) is 0. The Hall–Kier alpha value is -0.911. The zero-order valence-corrected chi connectivity index (χ0v) is 9.50. The first-order valence-corrected chi connectivity index (χ1v) is 4.07. The molecule has 2 aromatic carbocycles. The molecule has 0 N–H and O–H groups in total. The first-order chi connectivity index (χ1) is 5.97. The van der Waals surface area contributed by atoms with Crippen molar-refractivity contribution in [2.75, 3.05) is 0 Å². The van der Waals surface area contributed by atoms with Crippen LogP contribution in [0.25, 0.3) is 11.1 Å². The van der Waals surface area contributed by atoms with E-state index in [2.05, 4.69) is 48.5 Å². The Morgan fingerprint density at radius 3 is 1.08 bits per heavy atom. The summed E-state index contributed by atoms with van der Waals surface area (Å²) in [6.45, 7) is 0. The first-order valence-electron chi connectivity index (χ1n) is 4.07. The van der Waals surface area contributed by atoms with Crippen LogP contribution in [0.4, 0.5) is 0 Å². The molecule has 1 heteroatoms. The van der Waals surface area contributed by atoms with Crippen LogP contribution >= 0.6 is 0 Å². The van der Waals surface area contributed by atoms with Gasteiger partial charge in [-0.05, 0) is 11.1 Å². The summed E-state index contributed by atoms with van der Waals surface area (Å²) in [7, 11) is 0. The van der Waals surface area contributed by atoms with E-state index in [1.807, 2.05) is 12.1 Å². The molecule has 0 bridgehead atoms. The smallest absolute Gasteiger partial charge is 0 e. The summed E-state index contributed by atoms with van der Waals surface area (Å²) in [4.78, 5) is 0. The monoisotopic (exact) mass is 347 g/mol. The van der Waals surface area contributed by atoms with Crippen molar-refractivity contribution >= 4 is 0 Å². The van der Waals surface area contributed by atoms with E-state index < -0.39 is 0 Å². The summed E-state index contributed by atoms with van der Waals surface area (Å²) in [6, 6.07) is 20.8. The van der Waals surface area contributed by atoms with Gasteiger partial charge in [0.1, 0.15) is 0 Å². The second-order valence-electron chi connectivity index (χ2n) is 2.73. The van der Waals surface area contributed by atoms with E-state index in [0.29, 0.717) is 0 Å². The zero-order chi connectivity index (χ0) is 8.23. The van der Waals surface area contributed by atoms with Crippen molar-refractivity contribution in [2.24, 2.45) is 0 Å². The predicted molar refractivity (Wildman–Crippen MR) is 51.9 cm³/mol. The number of rotatable bonds is 1. The van der Waals surface area contributed by atoms with E-state index in [-0.39, 0.29) is 20.1 Å². The van der Waals surface area contributed by atoms with Gasteiger partial charge in [0, 0.05) is 20.1 Å². The van der Waals surface area contributed by atoms with Crippen LogP contribution in [0.1, 0.15) is 0 Å². The third-order valence-corrected chi connectivity index (χ3v) is 1.88. The Kier molecular flexibility index (Phi) is 3.88. The number of benzene rings is 2. The standard InChI is InChI=1S/C12H10.Ir/c1-3-7-11(8-4-1)12-9-5-2-6-10-12;/h1-10H;. The van der Waals surface area contributed by atoms with Crippen molar-refractivity contribution in [3.05, 3.63) is 60.7 Å². The van der Waals surface area contributed by atoms with E-state index in [1.54, 1.807) is 0 Å². The average Bonchev–Trinajstić information content (AvgIpc) is 2.21. The van der Waals surface area contributed by atoms with E-state index in [9.17, 15) is 0 Å². The maximum absolute atomic E-state index is 2.12. The molecular weight excluding hydrogens is 336 g/mol. The minimum absolute atomic E-state index is 0. The molecule has 0 aliphatic heterocycles. The van der Waals surface area contributed by atoms with Crippen LogP contribution < -0.4 is 0 Å². The summed E-state index contributed by atoms with van der Waals surface area (Å²) >= 11 is 0. The fourth-order valence-electron chi connectivity index (χ4n) is 1.26. The van der Waals surface area contributed by atoms with Crippen LogP contribution in [-0.2, 0) is 20.1 Å². The molecule has 0 aromatic heterocycles. The minimum Gasteiger partial charge on any atom is -0.0622 e. The van der Waals surface area contributed by atoms with Crippen molar-refractivity contribution in [1.82, 2.24) is 0 Å². The molecule has 0 spiro atoms. The van der Waals surface area contributed by atoms with Gasteiger partial charge >= 0.3 is 0 Å². The van der Waals surface area contributed by atoms with Gasteiger partial charge < -0.3 is 0 Å². The summed E-state index contributed by atoms with van der Waals surface area (Å²) in [5.41, 5.74) is 2.55. The average molecular weight is 346 g/mol. The first kappa shape index (κ1) is 10.2. The molecule has 0 saturated heterocycles. The van der Waals surface area contributed by atoms with Crippen LogP contribution in [0.3, 0.4) is 0 Å². The second-order valence-corrected chi connectivity index (χ2v) is 2.73. The van der Waals surface area contributed by atoms with Gasteiger partial charge in [-0.25, -0.2) is 0 Å². The molecule has 2 rings (SSSR count). The summed E-state index contributed by atoms with van der Waals surface area (Å²) in [6.07, 6.45) is 0.